The molecule has 3 heterocycles. The molecule has 198 valence electrons. The first-order chi connectivity index (χ1) is 18.4. The summed E-state index contributed by atoms with van der Waals surface area (Å²) in [5, 5.41) is 11.5. The highest BCUT2D eigenvalue weighted by atomic mass is 19.2. The molecule has 1 fully saturated rings. The Morgan fingerprint density at radius 2 is 1.79 bits per heavy atom. The molecule has 4 aromatic rings. The van der Waals surface area contributed by atoms with E-state index in [2.05, 4.69) is 32.4 Å². The minimum Gasteiger partial charge on any atom is -0.337 e. The maximum atomic E-state index is 13.7. The van der Waals surface area contributed by atoms with Crippen molar-refractivity contribution < 1.29 is 17.7 Å². The molecule has 0 amide bonds. The number of nitrogens with zero attached hydrogens (tertiary/aromatic N) is 5. The van der Waals surface area contributed by atoms with Gasteiger partial charge in [0.2, 0.25) is 5.82 Å². The molecule has 11 heteroatoms. The second-order valence-corrected chi connectivity index (χ2v) is 9.35. The minimum absolute atomic E-state index is 0.0200. The number of aromatic nitrogens is 4. The summed E-state index contributed by atoms with van der Waals surface area (Å²) in [6, 6.07) is 11.9. The largest absolute Gasteiger partial charge is 0.337 e. The Labute approximate surface area is 217 Å². The molecule has 2 aromatic heterocycles. The Morgan fingerprint density at radius 3 is 2.53 bits per heavy atom. The van der Waals surface area contributed by atoms with Crippen LogP contribution in [0.3, 0.4) is 0 Å². The fourth-order valence-corrected chi connectivity index (χ4v) is 4.55. The van der Waals surface area contributed by atoms with Gasteiger partial charge in [-0.2, -0.15) is 10.1 Å². The predicted octanol–water partition coefficient (Wildman–Crippen LogP) is 4.57. The number of hydrogen-bond acceptors (Lipinski definition) is 7. The lowest BCUT2D eigenvalue weighted by molar-refractivity contribution is 0.197. The van der Waals surface area contributed by atoms with Crippen LogP contribution in [0.2, 0.25) is 0 Å². The van der Waals surface area contributed by atoms with Crippen molar-refractivity contribution in [1.82, 2.24) is 24.8 Å². The molecule has 0 bridgehead atoms. The Bertz CT molecular complexity index is 1460. The molecule has 8 nitrogen and oxygen atoms in total. The Morgan fingerprint density at radius 1 is 1.03 bits per heavy atom. The van der Waals surface area contributed by atoms with Gasteiger partial charge in [0.1, 0.15) is 0 Å². The van der Waals surface area contributed by atoms with E-state index in [0.717, 1.165) is 56.7 Å². The molecule has 38 heavy (non-hydrogen) atoms. The molecule has 0 saturated carbocycles. The molecule has 0 spiro atoms. The number of likely N-dealkylation sites (tertiary alicyclic amines) is 1. The van der Waals surface area contributed by atoms with Gasteiger partial charge in [0.25, 0.3) is 5.56 Å². The van der Waals surface area contributed by atoms with Crippen LogP contribution in [-0.2, 0) is 6.54 Å². The lowest BCUT2D eigenvalue weighted by atomic mass is 9.97. The zero-order valence-corrected chi connectivity index (χ0v) is 20.8. The lowest BCUT2D eigenvalue weighted by Gasteiger charge is -2.30. The van der Waals surface area contributed by atoms with Crippen LogP contribution in [0, 0.1) is 23.4 Å². The SMILES string of the molecule is CCN1CCC(CNc2nc(-c3cccc(Cn4nc(-c5cc(F)c(F)c(F)c5)ccc4=O)c3)no2)CC1. The average Bonchev–Trinajstić information content (AvgIpc) is 3.41. The summed E-state index contributed by atoms with van der Waals surface area (Å²) in [6.45, 7) is 6.32. The van der Waals surface area contributed by atoms with Crippen LogP contribution in [0.15, 0.2) is 57.8 Å². The fraction of sp³-hybridized carbons (Fsp3) is 0.333. The third-order valence-electron chi connectivity index (χ3n) is 6.79. The van der Waals surface area contributed by atoms with Crippen LogP contribution >= 0.6 is 0 Å². The molecular formula is C27H27F3N6O2. The van der Waals surface area contributed by atoms with Crippen LogP contribution in [0.5, 0.6) is 0 Å². The van der Waals surface area contributed by atoms with Crippen molar-refractivity contribution >= 4 is 6.01 Å². The summed E-state index contributed by atoms with van der Waals surface area (Å²) in [7, 11) is 0. The van der Waals surface area contributed by atoms with E-state index in [1.807, 2.05) is 18.2 Å². The van der Waals surface area contributed by atoms with Gasteiger partial charge in [-0.05, 0) is 68.2 Å². The average molecular weight is 525 g/mol. The summed E-state index contributed by atoms with van der Waals surface area (Å²) in [6.07, 6.45) is 2.26. The van der Waals surface area contributed by atoms with Gasteiger partial charge in [0, 0.05) is 23.7 Å². The molecule has 1 N–H and O–H groups in total. The topological polar surface area (TPSA) is 89.1 Å². The second kappa shape index (κ2) is 11.2. The smallest absolute Gasteiger partial charge is 0.321 e. The maximum absolute atomic E-state index is 13.7. The number of hydrogen-bond donors (Lipinski definition) is 1. The highest BCUT2D eigenvalue weighted by Gasteiger charge is 2.19. The number of halogens is 3. The first kappa shape index (κ1) is 25.7. The molecule has 1 aliphatic rings. The van der Waals surface area contributed by atoms with Crippen LogP contribution in [0.25, 0.3) is 22.6 Å². The van der Waals surface area contributed by atoms with Gasteiger partial charge in [-0.15, -0.1) is 0 Å². The molecule has 1 aliphatic heterocycles. The standard InChI is InChI=1S/C27H27F3N6O2/c1-2-35-10-8-17(9-11-35)15-31-27-32-26(34-38-27)19-5-3-4-18(12-19)16-36-24(37)7-6-23(33-36)20-13-21(28)25(30)22(29)14-20/h3-7,12-14,17H,2,8-11,15-16H2,1H3,(H,31,32,34). The number of benzene rings is 2. The van der Waals surface area contributed by atoms with E-state index < -0.39 is 23.0 Å². The van der Waals surface area contributed by atoms with Gasteiger partial charge in [0.05, 0.1) is 12.2 Å². The van der Waals surface area contributed by atoms with Crippen LogP contribution in [0.4, 0.5) is 19.2 Å². The van der Waals surface area contributed by atoms with E-state index in [-0.39, 0.29) is 17.8 Å². The van der Waals surface area contributed by atoms with Gasteiger partial charge < -0.3 is 14.7 Å². The third kappa shape index (κ3) is 5.77. The van der Waals surface area contributed by atoms with Crippen molar-refractivity contribution in [3.05, 3.63) is 81.9 Å². The molecule has 0 unspecified atom stereocenters. The zero-order chi connectivity index (χ0) is 26.6. The van der Waals surface area contributed by atoms with Gasteiger partial charge in [-0.1, -0.05) is 30.3 Å². The molecular weight excluding hydrogens is 497 g/mol. The fourth-order valence-electron chi connectivity index (χ4n) is 4.55. The number of rotatable bonds is 8. The number of piperidine rings is 1. The number of nitrogens with one attached hydrogen (secondary N) is 1. The summed E-state index contributed by atoms with van der Waals surface area (Å²) in [5.41, 5.74) is 1.17. The molecule has 0 aliphatic carbocycles. The van der Waals surface area contributed by atoms with E-state index in [1.54, 1.807) is 6.07 Å². The van der Waals surface area contributed by atoms with Gasteiger partial charge >= 0.3 is 6.01 Å². The molecule has 2 aromatic carbocycles. The summed E-state index contributed by atoms with van der Waals surface area (Å²) in [4.78, 5) is 19.3. The predicted molar refractivity (Wildman–Crippen MR) is 136 cm³/mol. The van der Waals surface area contributed by atoms with E-state index in [4.69, 9.17) is 4.52 Å². The van der Waals surface area contributed by atoms with Crippen molar-refractivity contribution in [2.45, 2.75) is 26.3 Å². The Hall–Kier alpha value is -3.99. The number of anilines is 1. The van der Waals surface area contributed by atoms with E-state index in [0.29, 0.717) is 23.3 Å². The van der Waals surface area contributed by atoms with Crippen LogP contribution in [-0.4, -0.2) is 51.0 Å². The van der Waals surface area contributed by atoms with Gasteiger partial charge in [0.15, 0.2) is 17.5 Å². The van der Waals surface area contributed by atoms with Gasteiger partial charge in [-0.3, -0.25) is 4.79 Å². The molecule has 1 saturated heterocycles. The van der Waals surface area contributed by atoms with E-state index >= 15 is 0 Å². The van der Waals surface area contributed by atoms with Crippen molar-refractivity contribution in [1.29, 1.82) is 0 Å². The second-order valence-electron chi connectivity index (χ2n) is 9.35. The highest BCUT2D eigenvalue weighted by Crippen LogP contribution is 2.23. The lowest BCUT2D eigenvalue weighted by Crippen LogP contribution is -2.35. The molecule has 0 atom stereocenters. The molecule has 5 rings (SSSR count). The van der Waals surface area contributed by atoms with E-state index in [1.165, 1.54) is 16.8 Å². The van der Waals surface area contributed by atoms with Crippen LogP contribution in [0.1, 0.15) is 25.3 Å². The first-order valence-corrected chi connectivity index (χ1v) is 12.5. The first-order valence-electron chi connectivity index (χ1n) is 12.5. The van der Waals surface area contributed by atoms with Gasteiger partial charge in [-0.25, -0.2) is 17.9 Å². The quantitative estimate of drug-likeness (QED) is 0.338. The maximum Gasteiger partial charge on any atom is 0.321 e. The molecule has 0 radical (unpaired) electrons. The highest BCUT2D eigenvalue weighted by molar-refractivity contribution is 5.59. The van der Waals surface area contributed by atoms with Crippen molar-refractivity contribution in [3.8, 4) is 22.6 Å². The summed E-state index contributed by atoms with van der Waals surface area (Å²) in [5.74, 6) is -3.26. The van der Waals surface area contributed by atoms with Crippen LogP contribution < -0.4 is 10.9 Å². The van der Waals surface area contributed by atoms with E-state index in [9.17, 15) is 18.0 Å². The Kier molecular flexibility index (Phi) is 7.54. The van der Waals surface area contributed by atoms with Crippen molar-refractivity contribution in [2.24, 2.45) is 5.92 Å². The third-order valence-corrected chi connectivity index (χ3v) is 6.79. The normalized spacial score (nSPS) is 14.6. The summed E-state index contributed by atoms with van der Waals surface area (Å²) >= 11 is 0. The minimum atomic E-state index is -1.56. The zero-order valence-electron chi connectivity index (χ0n) is 20.8. The Balaban J connectivity index is 1.28. The van der Waals surface area contributed by atoms with Crippen molar-refractivity contribution in [3.63, 3.8) is 0 Å². The van der Waals surface area contributed by atoms with Crippen molar-refractivity contribution in [2.75, 3.05) is 31.5 Å². The summed E-state index contributed by atoms with van der Waals surface area (Å²) < 4.78 is 47.3. The monoisotopic (exact) mass is 524 g/mol.